The van der Waals surface area contributed by atoms with Gasteiger partial charge in [0, 0.05) is 28.9 Å². The van der Waals surface area contributed by atoms with Crippen LogP contribution < -0.4 is 16.0 Å². The van der Waals surface area contributed by atoms with E-state index in [9.17, 15) is 5.26 Å². The number of nitrogens with one attached hydrogen (secondary N) is 3. The SMILES string of the molecule is C=C.C=C.C=C/C=C(\C=C(/C)CN=C(NCN=C)Nc1csc(C)c1C#N)CCCCN1CCN(C)C1.CC.CC(C)C.CNC(C)(C)C. The Morgan fingerprint density at radius 2 is 1.69 bits per heavy atom. The van der Waals surface area contributed by atoms with Gasteiger partial charge in [0.1, 0.15) is 12.7 Å². The van der Waals surface area contributed by atoms with Crippen LogP contribution in [0.3, 0.4) is 0 Å². The van der Waals surface area contributed by atoms with Crippen molar-refractivity contribution in [2.45, 2.75) is 94.0 Å². The third-order valence-electron chi connectivity index (χ3n) is 6.13. The maximum absolute atomic E-state index is 9.41. The molecule has 1 aliphatic rings. The number of likely N-dealkylation sites (N-methyl/N-ethyl adjacent to an activating group) is 1. The Kier molecular flexibility index (Phi) is 37.1. The molecule has 0 saturated carbocycles. The van der Waals surface area contributed by atoms with Crippen LogP contribution >= 0.6 is 11.3 Å². The summed E-state index contributed by atoms with van der Waals surface area (Å²) in [4.78, 5) is 14.4. The number of hydrogen-bond donors (Lipinski definition) is 3. The largest absolute Gasteiger partial charge is 0.337 e. The molecule has 0 aromatic carbocycles. The van der Waals surface area contributed by atoms with Gasteiger partial charge in [0.15, 0.2) is 5.96 Å². The zero-order valence-corrected chi connectivity index (χ0v) is 34.5. The number of aliphatic imine (C=N–C) groups is 2. The van der Waals surface area contributed by atoms with Crippen LogP contribution in [0, 0.1) is 24.2 Å². The van der Waals surface area contributed by atoms with Crippen molar-refractivity contribution >= 4 is 29.7 Å². The molecule has 1 saturated heterocycles. The minimum absolute atomic E-state index is 0.292. The van der Waals surface area contributed by atoms with Crippen molar-refractivity contribution in [3.05, 3.63) is 78.1 Å². The number of nitrogens with zero attached hydrogens (tertiary/aromatic N) is 5. The molecule has 9 heteroatoms. The lowest BCUT2D eigenvalue weighted by Crippen LogP contribution is -2.31. The number of guanidine groups is 1. The van der Waals surface area contributed by atoms with Crippen molar-refractivity contribution in [3.8, 4) is 6.07 Å². The number of unbranched alkanes of at least 4 members (excludes halogenated alkanes) is 1. The molecule has 49 heavy (non-hydrogen) atoms. The molecule has 0 bridgehead atoms. The molecule has 3 N–H and O–H groups in total. The maximum atomic E-state index is 9.41. The van der Waals surface area contributed by atoms with E-state index in [-0.39, 0.29) is 0 Å². The van der Waals surface area contributed by atoms with Crippen LogP contribution in [0.5, 0.6) is 0 Å². The molecule has 1 aromatic heterocycles. The van der Waals surface area contributed by atoms with Gasteiger partial charge in [-0.25, -0.2) is 4.99 Å². The zero-order valence-electron chi connectivity index (χ0n) is 33.6. The second kappa shape index (κ2) is 34.6. The topological polar surface area (TPSA) is 91.1 Å². The highest BCUT2D eigenvalue weighted by atomic mass is 32.1. The third-order valence-corrected chi connectivity index (χ3v) is 7.04. The van der Waals surface area contributed by atoms with Crippen LogP contribution in [0.15, 0.2) is 77.6 Å². The van der Waals surface area contributed by atoms with Gasteiger partial charge < -0.3 is 16.0 Å². The fraction of sp³-hybridized carbons (Fsp3) is 0.575. The number of anilines is 1. The first-order valence-electron chi connectivity index (χ1n) is 17.3. The van der Waals surface area contributed by atoms with Crippen LogP contribution in [-0.2, 0) is 0 Å². The highest BCUT2D eigenvalue weighted by Gasteiger charge is 2.15. The highest BCUT2D eigenvalue weighted by Crippen LogP contribution is 2.25. The molecule has 0 atom stereocenters. The van der Waals surface area contributed by atoms with E-state index in [0.717, 1.165) is 48.1 Å². The Morgan fingerprint density at radius 1 is 1.12 bits per heavy atom. The first-order valence-corrected chi connectivity index (χ1v) is 18.2. The van der Waals surface area contributed by atoms with Gasteiger partial charge in [-0.15, -0.1) is 37.7 Å². The van der Waals surface area contributed by atoms with Gasteiger partial charge in [-0.2, -0.15) is 5.26 Å². The number of thiophene rings is 1. The van der Waals surface area contributed by atoms with E-state index < -0.39 is 0 Å². The summed E-state index contributed by atoms with van der Waals surface area (Å²) in [6.07, 6.45) is 9.52. The summed E-state index contributed by atoms with van der Waals surface area (Å²) in [6, 6.07) is 2.25. The van der Waals surface area contributed by atoms with Crippen LogP contribution in [0.1, 0.15) is 92.0 Å². The summed E-state index contributed by atoms with van der Waals surface area (Å²) in [7, 11) is 4.13. The lowest BCUT2D eigenvalue weighted by atomic mass is 10.0. The van der Waals surface area contributed by atoms with Gasteiger partial charge in [0.2, 0.25) is 0 Å². The van der Waals surface area contributed by atoms with E-state index >= 15 is 0 Å². The normalized spacial score (nSPS) is 13.3. The summed E-state index contributed by atoms with van der Waals surface area (Å²) in [5.74, 6) is 1.41. The number of aryl methyl sites for hydroxylation is 1. The van der Waals surface area contributed by atoms with Crippen LogP contribution in [0.25, 0.3) is 0 Å². The molecule has 1 fully saturated rings. The second-order valence-corrected chi connectivity index (χ2v) is 13.6. The van der Waals surface area contributed by atoms with Crippen molar-refractivity contribution in [2.24, 2.45) is 15.9 Å². The predicted octanol–water partition coefficient (Wildman–Crippen LogP) is 9.67. The predicted molar refractivity (Wildman–Crippen MR) is 225 cm³/mol. The Hall–Kier alpha value is -3.29. The van der Waals surface area contributed by atoms with E-state index in [0.29, 0.717) is 30.3 Å². The standard InChI is InChI=1S/C25H37N7S.C5H13N.C4H10.C2H6.2C2H4/c1-6-9-22(10-7-8-11-32-13-12-31(5)19-32)14-20(2)16-28-25(29-18-27-4)30-24-17-33-21(3)23(24)15-26;1-5(2,3)6-4;1-4(2)3;3*1-2/h6,9,14,17H,1,4,7-8,10-13,16,18-19H2,2-3,5H3,(H2,28,29,30);6H,1-4H3;4H,1-3H3;1-2H3;2*1-2H2/b20-14+,22-9-;;;;;. The van der Waals surface area contributed by atoms with Gasteiger partial charge in [-0.1, -0.05) is 65.0 Å². The fourth-order valence-corrected chi connectivity index (χ4v) is 4.39. The van der Waals surface area contributed by atoms with Gasteiger partial charge in [0.25, 0.3) is 0 Å². The average Bonchev–Trinajstić information content (AvgIpc) is 3.66. The molecule has 280 valence electrons. The van der Waals surface area contributed by atoms with Crippen LogP contribution in [0.2, 0.25) is 0 Å². The zero-order chi connectivity index (χ0) is 38.8. The maximum Gasteiger partial charge on any atom is 0.197 e. The van der Waals surface area contributed by atoms with Gasteiger partial charge in [-0.3, -0.25) is 14.8 Å². The lowest BCUT2D eigenvalue weighted by Gasteiger charge is -2.15. The van der Waals surface area contributed by atoms with Crippen molar-refractivity contribution in [2.75, 3.05) is 58.9 Å². The Balaban J connectivity index is -0.000000534. The Labute approximate surface area is 307 Å². The summed E-state index contributed by atoms with van der Waals surface area (Å²) in [5.41, 5.74) is 4.11. The van der Waals surface area contributed by atoms with Crippen LogP contribution in [0.4, 0.5) is 5.69 Å². The highest BCUT2D eigenvalue weighted by molar-refractivity contribution is 7.10. The van der Waals surface area contributed by atoms with Gasteiger partial charge >= 0.3 is 0 Å². The molecule has 0 aliphatic carbocycles. The summed E-state index contributed by atoms with van der Waals surface area (Å²) in [6.45, 7) is 45.8. The number of hydrogen-bond acceptors (Lipinski definition) is 7. The van der Waals surface area contributed by atoms with Gasteiger partial charge in [-0.05, 0) is 92.7 Å². The first-order chi connectivity index (χ1) is 23.3. The van der Waals surface area contributed by atoms with E-state index in [1.807, 2.05) is 39.3 Å². The lowest BCUT2D eigenvalue weighted by molar-refractivity contribution is 0.270. The van der Waals surface area contributed by atoms with Crippen molar-refractivity contribution in [1.82, 2.24) is 20.4 Å². The smallest absolute Gasteiger partial charge is 0.197 e. The summed E-state index contributed by atoms with van der Waals surface area (Å²) in [5, 5.41) is 20.8. The molecule has 0 unspecified atom stereocenters. The van der Waals surface area contributed by atoms with E-state index in [4.69, 9.17) is 0 Å². The summed E-state index contributed by atoms with van der Waals surface area (Å²) < 4.78 is 0. The van der Waals surface area contributed by atoms with Crippen LogP contribution in [-0.4, -0.2) is 81.6 Å². The van der Waals surface area contributed by atoms with Crippen molar-refractivity contribution < 1.29 is 0 Å². The molecular weight excluding hydrogens is 625 g/mol. The Morgan fingerprint density at radius 3 is 2.14 bits per heavy atom. The first kappa shape index (κ1) is 52.5. The number of allylic oxidation sites excluding steroid dienone is 4. The summed E-state index contributed by atoms with van der Waals surface area (Å²) >= 11 is 1.54. The monoisotopic (exact) mass is 699 g/mol. The molecule has 0 amide bonds. The molecular formula is C40H74N8S. The molecule has 0 radical (unpaired) electrons. The molecule has 8 nitrogen and oxygen atoms in total. The molecule has 1 aliphatic heterocycles. The van der Waals surface area contributed by atoms with E-state index in [1.54, 1.807) is 0 Å². The number of nitriles is 1. The molecule has 2 heterocycles. The molecule has 1 aromatic rings. The second-order valence-electron chi connectivity index (χ2n) is 12.5. The fourth-order valence-electron chi connectivity index (χ4n) is 3.65. The van der Waals surface area contributed by atoms with Crippen molar-refractivity contribution in [3.63, 3.8) is 0 Å². The Bertz CT molecular complexity index is 1100. The van der Waals surface area contributed by atoms with E-state index in [2.05, 4.69) is 149 Å². The van der Waals surface area contributed by atoms with Gasteiger partial charge in [0.05, 0.1) is 24.5 Å². The average molecular weight is 699 g/mol. The third kappa shape index (κ3) is 31.7. The number of rotatable bonds is 12. The molecule has 2 rings (SSSR count). The van der Waals surface area contributed by atoms with Crippen molar-refractivity contribution in [1.29, 1.82) is 5.26 Å². The van der Waals surface area contributed by atoms with E-state index in [1.165, 1.54) is 36.4 Å². The minimum Gasteiger partial charge on any atom is -0.337 e. The molecule has 0 spiro atoms. The quantitative estimate of drug-likeness (QED) is 0.0662. The minimum atomic E-state index is 0.292.